The van der Waals surface area contributed by atoms with Gasteiger partial charge in [-0.25, -0.2) is 4.98 Å². The van der Waals surface area contributed by atoms with Crippen LogP contribution in [0.3, 0.4) is 0 Å². The number of nitrogens with zero attached hydrogens (tertiary/aromatic N) is 3. The quantitative estimate of drug-likeness (QED) is 0.516. The molecule has 2 aromatic carbocycles. The van der Waals surface area contributed by atoms with Gasteiger partial charge in [0.25, 0.3) is 5.91 Å². The first-order chi connectivity index (χ1) is 14.0. The van der Waals surface area contributed by atoms with Gasteiger partial charge in [0.1, 0.15) is 17.8 Å². The lowest BCUT2D eigenvalue weighted by Crippen LogP contribution is -2.39. The van der Waals surface area contributed by atoms with Crippen molar-refractivity contribution in [2.24, 2.45) is 5.92 Å². The van der Waals surface area contributed by atoms with Crippen molar-refractivity contribution in [2.45, 2.75) is 19.3 Å². The highest BCUT2D eigenvalue weighted by Crippen LogP contribution is 2.34. The van der Waals surface area contributed by atoms with Crippen LogP contribution < -0.4 is 0 Å². The fourth-order valence-corrected chi connectivity index (χ4v) is 4.89. The molecule has 1 fully saturated rings. The normalized spacial score (nSPS) is 14.9. The van der Waals surface area contributed by atoms with E-state index in [1.807, 2.05) is 11.0 Å². The molecular formula is C22H21Br2N3O2. The van der Waals surface area contributed by atoms with Crippen LogP contribution in [-0.4, -0.2) is 38.6 Å². The first-order valence-corrected chi connectivity index (χ1v) is 11.2. The predicted molar refractivity (Wildman–Crippen MR) is 119 cm³/mol. The predicted octanol–water partition coefficient (Wildman–Crippen LogP) is 5.20. The Labute approximate surface area is 186 Å². The summed E-state index contributed by atoms with van der Waals surface area (Å²) in [6.07, 6.45) is 6.46. The largest absolute Gasteiger partial charge is 0.506 e. The van der Waals surface area contributed by atoms with Crippen LogP contribution in [0.4, 0.5) is 0 Å². The molecule has 0 aliphatic carbocycles. The molecule has 150 valence electrons. The third-order valence-electron chi connectivity index (χ3n) is 5.37. The van der Waals surface area contributed by atoms with Crippen molar-refractivity contribution in [2.75, 3.05) is 13.1 Å². The molecule has 1 aliphatic heterocycles. The molecule has 5 nitrogen and oxygen atoms in total. The van der Waals surface area contributed by atoms with Gasteiger partial charge in [0.2, 0.25) is 0 Å². The Balaban J connectivity index is 1.40. The van der Waals surface area contributed by atoms with E-state index in [0.717, 1.165) is 38.0 Å². The average Bonchev–Trinajstić information content (AvgIpc) is 3.23. The van der Waals surface area contributed by atoms with Crippen LogP contribution in [0.5, 0.6) is 5.75 Å². The molecule has 7 heteroatoms. The maximum absolute atomic E-state index is 12.9. The van der Waals surface area contributed by atoms with Crippen LogP contribution >= 0.6 is 31.9 Å². The Bertz CT molecular complexity index is 989. The number of aromatic hydroxyl groups is 1. The number of carbonyl (C=O) groups excluding carboxylic acids is 1. The molecule has 0 unspecified atom stereocenters. The molecular weight excluding hydrogens is 498 g/mol. The van der Waals surface area contributed by atoms with Gasteiger partial charge in [0.15, 0.2) is 0 Å². The zero-order chi connectivity index (χ0) is 20.4. The molecule has 1 aromatic heterocycles. The molecule has 0 bridgehead atoms. The maximum Gasteiger partial charge on any atom is 0.274 e. The summed E-state index contributed by atoms with van der Waals surface area (Å²) in [5, 5.41) is 9.88. The molecule has 0 saturated carbocycles. The fourth-order valence-electron chi connectivity index (χ4n) is 3.73. The van der Waals surface area contributed by atoms with Gasteiger partial charge in [-0.1, -0.05) is 30.3 Å². The number of rotatable bonds is 4. The van der Waals surface area contributed by atoms with Gasteiger partial charge in [-0.2, -0.15) is 0 Å². The van der Waals surface area contributed by atoms with E-state index in [4.69, 9.17) is 0 Å². The number of hydrogen-bond donors (Lipinski definition) is 1. The van der Waals surface area contributed by atoms with Gasteiger partial charge in [0.05, 0.1) is 8.95 Å². The number of benzene rings is 2. The zero-order valence-electron chi connectivity index (χ0n) is 15.8. The second-order valence-electron chi connectivity index (χ2n) is 7.35. The minimum atomic E-state index is -0.0289. The summed E-state index contributed by atoms with van der Waals surface area (Å²) >= 11 is 6.67. The van der Waals surface area contributed by atoms with Crippen molar-refractivity contribution in [3.05, 3.63) is 75.2 Å². The Morgan fingerprint density at radius 2 is 1.76 bits per heavy atom. The average molecular weight is 519 g/mol. The van der Waals surface area contributed by atoms with Crippen molar-refractivity contribution in [3.63, 3.8) is 0 Å². The summed E-state index contributed by atoms with van der Waals surface area (Å²) in [6, 6.07) is 14.1. The zero-order valence-corrected chi connectivity index (χ0v) is 18.9. The van der Waals surface area contributed by atoms with Crippen LogP contribution in [0.15, 0.2) is 63.9 Å². The number of likely N-dealkylation sites (tertiary alicyclic amines) is 1. The van der Waals surface area contributed by atoms with Crippen LogP contribution in [0, 0.1) is 5.92 Å². The van der Waals surface area contributed by atoms with Crippen LogP contribution in [0.2, 0.25) is 0 Å². The van der Waals surface area contributed by atoms with E-state index >= 15 is 0 Å². The van der Waals surface area contributed by atoms with E-state index in [1.165, 1.54) is 5.56 Å². The molecule has 2 heterocycles. The third-order valence-corrected chi connectivity index (χ3v) is 6.58. The lowest BCUT2D eigenvalue weighted by atomic mass is 9.90. The number of carbonyl (C=O) groups is 1. The minimum Gasteiger partial charge on any atom is -0.506 e. The molecule has 0 radical (unpaired) electrons. The molecule has 0 atom stereocenters. The molecule has 1 saturated heterocycles. The number of amides is 1. The van der Waals surface area contributed by atoms with E-state index in [1.54, 1.807) is 29.2 Å². The Morgan fingerprint density at radius 3 is 2.41 bits per heavy atom. The summed E-state index contributed by atoms with van der Waals surface area (Å²) in [5.41, 5.74) is 2.60. The minimum absolute atomic E-state index is 0.0289. The van der Waals surface area contributed by atoms with E-state index in [0.29, 0.717) is 20.6 Å². The Hall–Kier alpha value is -2.12. The first-order valence-electron chi connectivity index (χ1n) is 9.57. The summed E-state index contributed by atoms with van der Waals surface area (Å²) < 4.78 is 2.93. The van der Waals surface area contributed by atoms with Crippen LogP contribution in [0.25, 0.3) is 5.69 Å². The molecule has 3 aromatic rings. The van der Waals surface area contributed by atoms with Gasteiger partial charge in [-0.05, 0) is 74.7 Å². The van der Waals surface area contributed by atoms with Gasteiger partial charge >= 0.3 is 0 Å². The number of phenols is 1. The SMILES string of the molecule is O=C(c1cn(-c2cc(Br)c(O)c(Br)c2)cn1)N1CCC(Cc2ccccc2)CC1. The van der Waals surface area contributed by atoms with E-state index in [9.17, 15) is 9.90 Å². The molecule has 4 rings (SSSR count). The summed E-state index contributed by atoms with van der Waals surface area (Å²) in [5.74, 6) is 0.730. The van der Waals surface area contributed by atoms with Gasteiger partial charge in [-0.3, -0.25) is 4.79 Å². The Morgan fingerprint density at radius 1 is 1.10 bits per heavy atom. The highest BCUT2D eigenvalue weighted by atomic mass is 79.9. The number of imidazole rings is 1. The lowest BCUT2D eigenvalue weighted by molar-refractivity contribution is 0.0685. The number of aromatic nitrogens is 2. The van der Waals surface area contributed by atoms with Gasteiger partial charge in [-0.15, -0.1) is 0 Å². The molecule has 29 heavy (non-hydrogen) atoms. The number of halogens is 2. The van der Waals surface area contributed by atoms with E-state index in [2.05, 4.69) is 61.1 Å². The number of phenolic OH excluding ortho intramolecular Hbond substituents is 1. The van der Waals surface area contributed by atoms with E-state index < -0.39 is 0 Å². The number of hydrogen-bond acceptors (Lipinski definition) is 3. The van der Waals surface area contributed by atoms with Crippen LogP contribution in [-0.2, 0) is 6.42 Å². The van der Waals surface area contributed by atoms with Crippen molar-refractivity contribution in [1.82, 2.24) is 14.5 Å². The molecule has 1 N–H and O–H groups in total. The summed E-state index contributed by atoms with van der Waals surface area (Å²) in [7, 11) is 0. The Kier molecular flexibility index (Phi) is 6.06. The second kappa shape index (κ2) is 8.71. The van der Waals surface area contributed by atoms with Crippen molar-refractivity contribution in [1.29, 1.82) is 0 Å². The van der Waals surface area contributed by atoms with Crippen LogP contribution in [0.1, 0.15) is 28.9 Å². The fraction of sp³-hybridized carbons (Fsp3) is 0.273. The third kappa shape index (κ3) is 4.56. The first kappa shape index (κ1) is 20.2. The van der Waals surface area contributed by atoms with Crippen molar-refractivity contribution >= 4 is 37.8 Å². The summed E-state index contributed by atoms with van der Waals surface area (Å²) in [6.45, 7) is 1.53. The standard InChI is InChI=1S/C22H21Br2N3O2/c23-18-11-17(12-19(24)21(18)28)27-13-20(25-14-27)22(29)26-8-6-16(7-9-26)10-15-4-2-1-3-5-15/h1-5,11-14,16,28H,6-10H2. The summed E-state index contributed by atoms with van der Waals surface area (Å²) in [4.78, 5) is 19.1. The molecule has 1 amide bonds. The smallest absolute Gasteiger partial charge is 0.274 e. The highest BCUT2D eigenvalue weighted by molar-refractivity contribution is 9.11. The van der Waals surface area contributed by atoms with Gasteiger partial charge in [0, 0.05) is 25.0 Å². The lowest BCUT2D eigenvalue weighted by Gasteiger charge is -2.31. The topological polar surface area (TPSA) is 58.4 Å². The molecule has 1 aliphatic rings. The highest BCUT2D eigenvalue weighted by Gasteiger charge is 2.25. The maximum atomic E-state index is 12.9. The monoisotopic (exact) mass is 517 g/mol. The van der Waals surface area contributed by atoms with Crippen molar-refractivity contribution < 1.29 is 9.90 Å². The van der Waals surface area contributed by atoms with Gasteiger partial charge < -0.3 is 14.6 Å². The van der Waals surface area contributed by atoms with Crippen molar-refractivity contribution in [3.8, 4) is 11.4 Å². The molecule has 0 spiro atoms. The second-order valence-corrected chi connectivity index (χ2v) is 9.06. The number of piperidine rings is 1. The van der Waals surface area contributed by atoms with E-state index in [-0.39, 0.29) is 11.7 Å².